The number of hydrogen-bond acceptors (Lipinski definition) is 6. The number of ether oxygens (including phenoxy) is 2. The molecule has 0 aliphatic carbocycles. The van der Waals surface area contributed by atoms with Crippen LogP contribution in [0.3, 0.4) is 0 Å². The van der Waals surface area contributed by atoms with E-state index in [0.29, 0.717) is 22.7 Å². The van der Waals surface area contributed by atoms with E-state index in [-0.39, 0.29) is 0 Å². The third-order valence-corrected chi connectivity index (χ3v) is 2.90. The Bertz CT molecular complexity index is 761. The van der Waals surface area contributed by atoms with Crippen LogP contribution in [0.25, 0.3) is 22.4 Å². The van der Waals surface area contributed by atoms with Gasteiger partial charge in [0.2, 0.25) is 0 Å². The molecule has 100 valence electrons. The van der Waals surface area contributed by atoms with Crippen molar-refractivity contribution < 1.29 is 9.47 Å². The number of aromatic nitrogens is 4. The fraction of sp³-hybridized carbons (Fsp3) is 0.143. The molecule has 0 saturated heterocycles. The summed E-state index contributed by atoms with van der Waals surface area (Å²) in [5.41, 5.74) is 2.85. The summed E-state index contributed by atoms with van der Waals surface area (Å²) in [4.78, 5) is 16.8. The van der Waals surface area contributed by atoms with E-state index in [1.54, 1.807) is 26.6 Å². The zero-order valence-electron chi connectivity index (χ0n) is 11.1. The first-order valence-electron chi connectivity index (χ1n) is 5.97. The molecule has 0 radical (unpaired) electrons. The van der Waals surface area contributed by atoms with Gasteiger partial charge in [-0.15, -0.1) is 0 Å². The second-order valence-corrected chi connectivity index (χ2v) is 4.06. The molecule has 3 aromatic rings. The van der Waals surface area contributed by atoms with Gasteiger partial charge in [-0.2, -0.15) is 0 Å². The summed E-state index contributed by atoms with van der Waals surface area (Å²) in [5, 5.41) is 0. The lowest BCUT2D eigenvalue weighted by Crippen LogP contribution is -1.94. The standard InChI is InChI=1S/C14H12N4O2/c1-19-12-4-3-9(5-13(12)20-2)10-7-16-14-11(18-10)6-15-8-17-14/h3-8H,1-2H3. The Labute approximate surface area is 115 Å². The van der Waals surface area contributed by atoms with Gasteiger partial charge in [-0.05, 0) is 18.2 Å². The maximum absolute atomic E-state index is 5.29. The van der Waals surface area contributed by atoms with Gasteiger partial charge in [-0.1, -0.05) is 0 Å². The van der Waals surface area contributed by atoms with Crippen molar-refractivity contribution in [2.75, 3.05) is 14.2 Å². The molecule has 3 rings (SSSR count). The lowest BCUT2D eigenvalue weighted by molar-refractivity contribution is 0.355. The minimum Gasteiger partial charge on any atom is -0.493 e. The van der Waals surface area contributed by atoms with Crippen LogP contribution in [0.5, 0.6) is 11.5 Å². The second-order valence-electron chi connectivity index (χ2n) is 4.06. The summed E-state index contributed by atoms with van der Waals surface area (Å²) in [6, 6.07) is 5.60. The highest BCUT2D eigenvalue weighted by Gasteiger charge is 2.08. The molecule has 0 N–H and O–H groups in total. The van der Waals surface area contributed by atoms with Gasteiger partial charge in [-0.25, -0.2) is 19.9 Å². The Balaban J connectivity index is 2.10. The summed E-state index contributed by atoms with van der Waals surface area (Å²) in [7, 11) is 3.20. The van der Waals surface area contributed by atoms with Crippen LogP contribution in [0.15, 0.2) is 36.9 Å². The Hall–Kier alpha value is -2.76. The van der Waals surface area contributed by atoms with Crippen LogP contribution in [-0.4, -0.2) is 34.2 Å². The molecule has 0 amide bonds. The van der Waals surface area contributed by atoms with Gasteiger partial charge in [0, 0.05) is 5.56 Å². The van der Waals surface area contributed by atoms with E-state index in [2.05, 4.69) is 19.9 Å². The Morgan fingerprint density at radius 3 is 2.60 bits per heavy atom. The molecule has 0 spiro atoms. The highest BCUT2D eigenvalue weighted by atomic mass is 16.5. The molecule has 0 saturated carbocycles. The number of hydrogen-bond donors (Lipinski definition) is 0. The normalized spacial score (nSPS) is 10.5. The first kappa shape index (κ1) is 12.3. The van der Waals surface area contributed by atoms with Crippen molar-refractivity contribution in [1.82, 2.24) is 19.9 Å². The van der Waals surface area contributed by atoms with Crippen LogP contribution in [0.1, 0.15) is 0 Å². The van der Waals surface area contributed by atoms with Crippen molar-refractivity contribution in [1.29, 1.82) is 0 Å². The quantitative estimate of drug-likeness (QED) is 0.724. The monoisotopic (exact) mass is 268 g/mol. The van der Waals surface area contributed by atoms with Crippen LogP contribution in [0.2, 0.25) is 0 Å². The molecule has 0 atom stereocenters. The Morgan fingerprint density at radius 1 is 0.950 bits per heavy atom. The van der Waals surface area contributed by atoms with Crippen molar-refractivity contribution in [2.45, 2.75) is 0 Å². The summed E-state index contributed by atoms with van der Waals surface area (Å²) in [6.07, 6.45) is 4.77. The van der Waals surface area contributed by atoms with Gasteiger partial charge < -0.3 is 9.47 Å². The van der Waals surface area contributed by atoms with E-state index in [1.165, 1.54) is 6.33 Å². The predicted molar refractivity (Wildman–Crippen MR) is 73.7 cm³/mol. The highest BCUT2D eigenvalue weighted by Crippen LogP contribution is 2.31. The molecule has 2 heterocycles. The fourth-order valence-corrected chi connectivity index (χ4v) is 1.91. The first-order valence-corrected chi connectivity index (χ1v) is 5.97. The highest BCUT2D eigenvalue weighted by molar-refractivity contribution is 5.73. The van der Waals surface area contributed by atoms with Crippen LogP contribution < -0.4 is 9.47 Å². The van der Waals surface area contributed by atoms with Crippen molar-refractivity contribution in [3.8, 4) is 22.8 Å². The fourth-order valence-electron chi connectivity index (χ4n) is 1.91. The molecular weight excluding hydrogens is 256 g/mol. The molecule has 0 fully saturated rings. The van der Waals surface area contributed by atoms with Gasteiger partial charge in [0.15, 0.2) is 17.1 Å². The van der Waals surface area contributed by atoms with E-state index in [0.717, 1.165) is 11.3 Å². The number of nitrogens with zero attached hydrogens (tertiary/aromatic N) is 4. The molecular formula is C14H12N4O2. The molecule has 0 bridgehead atoms. The largest absolute Gasteiger partial charge is 0.493 e. The molecule has 2 aromatic heterocycles. The zero-order valence-corrected chi connectivity index (χ0v) is 11.1. The average Bonchev–Trinajstić information content (AvgIpc) is 2.53. The van der Waals surface area contributed by atoms with Gasteiger partial charge >= 0.3 is 0 Å². The van der Waals surface area contributed by atoms with Crippen molar-refractivity contribution in [3.05, 3.63) is 36.9 Å². The summed E-state index contributed by atoms with van der Waals surface area (Å²) in [6.45, 7) is 0. The first-order chi connectivity index (χ1) is 9.81. The van der Waals surface area contributed by atoms with Crippen LogP contribution in [0.4, 0.5) is 0 Å². The molecule has 6 nitrogen and oxygen atoms in total. The van der Waals surface area contributed by atoms with Gasteiger partial charge in [0.05, 0.1) is 32.3 Å². The number of benzene rings is 1. The van der Waals surface area contributed by atoms with Crippen molar-refractivity contribution in [3.63, 3.8) is 0 Å². The summed E-state index contributed by atoms with van der Waals surface area (Å²) in [5.74, 6) is 1.32. The molecule has 20 heavy (non-hydrogen) atoms. The van der Waals surface area contributed by atoms with Crippen molar-refractivity contribution >= 4 is 11.2 Å². The maximum atomic E-state index is 5.29. The third kappa shape index (κ3) is 2.11. The smallest absolute Gasteiger partial charge is 0.181 e. The minimum atomic E-state index is 0.573. The summed E-state index contributed by atoms with van der Waals surface area (Å²) >= 11 is 0. The Kier molecular flexibility index (Phi) is 3.12. The number of methoxy groups -OCH3 is 2. The molecule has 0 unspecified atom stereocenters. The maximum Gasteiger partial charge on any atom is 0.181 e. The van der Waals surface area contributed by atoms with E-state index in [9.17, 15) is 0 Å². The molecule has 6 heteroatoms. The van der Waals surface area contributed by atoms with E-state index in [4.69, 9.17) is 9.47 Å². The predicted octanol–water partition coefficient (Wildman–Crippen LogP) is 2.10. The van der Waals surface area contributed by atoms with Crippen LogP contribution in [-0.2, 0) is 0 Å². The Morgan fingerprint density at radius 2 is 1.80 bits per heavy atom. The van der Waals surface area contributed by atoms with E-state index >= 15 is 0 Å². The van der Waals surface area contributed by atoms with E-state index in [1.807, 2.05) is 18.2 Å². The van der Waals surface area contributed by atoms with Crippen molar-refractivity contribution in [2.24, 2.45) is 0 Å². The van der Waals surface area contributed by atoms with E-state index < -0.39 is 0 Å². The van der Waals surface area contributed by atoms with Gasteiger partial charge in [-0.3, -0.25) is 0 Å². The summed E-state index contributed by atoms with van der Waals surface area (Å²) < 4.78 is 10.5. The average molecular weight is 268 g/mol. The zero-order chi connectivity index (χ0) is 13.9. The van der Waals surface area contributed by atoms with Gasteiger partial charge in [0.25, 0.3) is 0 Å². The lowest BCUT2D eigenvalue weighted by Gasteiger charge is -2.09. The van der Waals surface area contributed by atoms with Gasteiger partial charge in [0.1, 0.15) is 11.8 Å². The lowest BCUT2D eigenvalue weighted by atomic mass is 10.1. The SMILES string of the molecule is COc1ccc(-c2cnc3ncncc3n2)cc1OC. The number of rotatable bonds is 3. The minimum absolute atomic E-state index is 0.573. The number of fused-ring (bicyclic) bond motifs is 1. The second kappa shape index (κ2) is 5.08. The third-order valence-electron chi connectivity index (χ3n) is 2.90. The topological polar surface area (TPSA) is 70.0 Å². The molecule has 0 aliphatic heterocycles. The molecule has 1 aromatic carbocycles. The molecule has 0 aliphatic rings. The van der Waals surface area contributed by atoms with Crippen LogP contribution >= 0.6 is 0 Å². The van der Waals surface area contributed by atoms with Crippen LogP contribution in [0, 0.1) is 0 Å².